The summed E-state index contributed by atoms with van der Waals surface area (Å²) in [6.45, 7) is 5.53. The summed E-state index contributed by atoms with van der Waals surface area (Å²) in [6, 6.07) is 0.641. The van der Waals surface area contributed by atoms with Gasteiger partial charge in [-0.15, -0.1) is 11.3 Å². The monoisotopic (exact) mass is 254 g/mol. The molecular weight excluding hydrogens is 228 g/mol. The van der Waals surface area contributed by atoms with Crippen molar-refractivity contribution in [2.75, 3.05) is 6.54 Å². The van der Waals surface area contributed by atoms with Gasteiger partial charge in [-0.2, -0.15) is 0 Å². The predicted octanol–water partition coefficient (Wildman–Crippen LogP) is 4.02. The Morgan fingerprint density at radius 1 is 1.24 bits per heavy atom. The highest BCUT2D eigenvalue weighted by molar-refractivity contribution is 7.09. The number of aromatic nitrogens is 1. The largest absolute Gasteiger partial charge is 0.314 e. The fourth-order valence-electron chi connectivity index (χ4n) is 2.15. The molecule has 1 unspecified atom stereocenters. The summed E-state index contributed by atoms with van der Waals surface area (Å²) in [5.74, 6) is 0. The molecule has 0 bridgehead atoms. The van der Waals surface area contributed by atoms with Crippen LogP contribution >= 0.6 is 11.3 Å². The topological polar surface area (TPSA) is 24.9 Å². The Labute approximate surface area is 110 Å². The summed E-state index contributed by atoms with van der Waals surface area (Å²) in [5, 5.41) is 3.59. The van der Waals surface area contributed by atoms with Crippen LogP contribution in [-0.4, -0.2) is 17.6 Å². The molecule has 0 amide bonds. The number of nitrogens with zero attached hydrogens (tertiary/aromatic N) is 1. The average molecular weight is 254 g/mol. The van der Waals surface area contributed by atoms with Crippen LogP contribution in [0, 0.1) is 0 Å². The van der Waals surface area contributed by atoms with Crippen LogP contribution in [0.25, 0.3) is 0 Å². The van der Waals surface area contributed by atoms with Crippen LogP contribution < -0.4 is 5.32 Å². The number of hydrogen-bond donors (Lipinski definition) is 1. The molecule has 17 heavy (non-hydrogen) atoms. The van der Waals surface area contributed by atoms with Gasteiger partial charge in [0, 0.05) is 17.1 Å². The second kappa shape index (κ2) is 9.60. The van der Waals surface area contributed by atoms with Gasteiger partial charge >= 0.3 is 0 Å². The maximum absolute atomic E-state index is 4.15. The quantitative estimate of drug-likeness (QED) is 0.638. The van der Waals surface area contributed by atoms with Crippen molar-refractivity contribution in [3.05, 3.63) is 16.6 Å². The highest BCUT2D eigenvalue weighted by Gasteiger charge is 2.08. The fourth-order valence-corrected chi connectivity index (χ4v) is 2.82. The highest BCUT2D eigenvalue weighted by atomic mass is 32.1. The summed E-state index contributed by atoms with van der Waals surface area (Å²) in [4.78, 5) is 5.55. The molecule has 0 saturated heterocycles. The second-order valence-corrected chi connectivity index (χ2v) is 5.60. The summed E-state index contributed by atoms with van der Waals surface area (Å²) in [6.07, 6.45) is 11.3. The van der Waals surface area contributed by atoms with E-state index in [0.717, 1.165) is 13.0 Å². The molecule has 98 valence electrons. The van der Waals surface area contributed by atoms with E-state index in [9.17, 15) is 0 Å². The van der Waals surface area contributed by atoms with Crippen LogP contribution in [0.2, 0.25) is 0 Å². The Kier molecular flexibility index (Phi) is 8.28. The third-order valence-corrected chi connectivity index (χ3v) is 3.88. The van der Waals surface area contributed by atoms with E-state index in [1.165, 1.54) is 43.4 Å². The van der Waals surface area contributed by atoms with Gasteiger partial charge in [-0.25, -0.2) is 0 Å². The van der Waals surface area contributed by atoms with Crippen LogP contribution in [0.4, 0.5) is 0 Å². The zero-order chi connectivity index (χ0) is 12.3. The second-order valence-electron chi connectivity index (χ2n) is 4.63. The summed E-state index contributed by atoms with van der Waals surface area (Å²) >= 11 is 1.77. The molecule has 3 heteroatoms. The van der Waals surface area contributed by atoms with Gasteiger partial charge in [-0.05, 0) is 19.4 Å². The van der Waals surface area contributed by atoms with Crippen molar-refractivity contribution in [2.24, 2.45) is 0 Å². The Balaban J connectivity index is 2.18. The molecule has 0 aliphatic carbocycles. The van der Waals surface area contributed by atoms with Gasteiger partial charge in [-0.3, -0.25) is 4.98 Å². The smallest absolute Gasteiger partial charge is 0.0794 e. The van der Waals surface area contributed by atoms with Crippen molar-refractivity contribution >= 4 is 11.3 Å². The lowest BCUT2D eigenvalue weighted by Crippen LogP contribution is -2.30. The molecule has 1 N–H and O–H groups in total. The van der Waals surface area contributed by atoms with Crippen molar-refractivity contribution in [1.29, 1.82) is 0 Å². The standard InChI is InChI=1S/C14H26N2S/c1-3-5-6-7-8-9-13(16-4-2)10-14-11-15-12-17-14/h11-13,16H,3-10H2,1-2H3. The van der Waals surface area contributed by atoms with Gasteiger partial charge in [0.2, 0.25) is 0 Å². The molecule has 0 aliphatic heterocycles. The lowest BCUT2D eigenvalue weighted by atomic mass is 10.0. The fraction of sp³-hybridized carbons (Fsp3) is 0.786. The zero-order valence-corrected chi connectivity index (χ0v) is 12.1. The Morgan fingerprint density at radius 3 is 2.71 bits per heavy atom. The average Bonchev–Trinajstić information content (AvgIpc) is 2.82. The summed E-state index contributed by atoms with van der Waals surface area (Å²) < 4.78 is 0. The minimum absolute atomic E-state index is 0.641. The first-order chi connectivity index (χ1) is 8.36. The van der Waals surface area contributed by atoms with Crippen molar-refractivity contribution in [2.45, 2.75) is 64.8 Å². The molecule has 0 fully saturated rings. The lowest BCUT2D eigenvalue weighted by molar-refractivity contribution is 0.463. The third-order valence-electron chi connectivity index (χ3n) is 3.08. The van der Waals surface area contributed by atoms with Crippen LogP contribution in [0.1, 0.15) is 57.2 Å². The van der Waals surface area contributed by atoms with E-state index in [1.54, 1.807) is 11.3 Å². The van der Waals surface area contributed by atoms with Gasteiger partial charge in [0.05, 0.1) is 5.51 Å². The molecular formula is C14H26N2S. The molecule has 1 atom stereocenters. The number of rotatable bonds is 10. The van der Waals surface area contributed by atoms with E-state index in [0.29, 0.717) is 6.04 Å². The first-order valence-electron chi connectivity index (χ1n) is 6.97. The number of likely N-dealkylation sites (N-methyl/N-ethyl adjacent to an activating group) is 1. The van der Waals surface area contributed by atoms with Crippen LogP contribution in [0.5, 0.6) is 0 Å². The maximum Gasteiger partial charge on any atom is 0.0794 e. The Bertz CT molecular complexity index is 259. The SMILES string of the molecule is CCCCCCCC(Cc1cncs1)NCC. The molecule has 2 nitrogen and oxygen atoms in total. The lowest BCUT2D eigenvalue weighted by Gasteiger charge is -2.16. The molecule has 1 aromatic rings. The summed E-state index contributed by atoms with van der Waals surface area (Å²) in [5.41, 5.74) is 1.93. The van der Waals surface area contributed by atoms with Crippen LogP contribution in [0.15, 0.2) is 11.7 Å². The van der Waals surface area contributed by atoms with E-state index >= 15 is 0 Å². The molecule has 1 heterocycles. The van der Waals surface area contributed by atoms with Crippen LogP contribution in [-0.2, 0) is 6.42 Å². The third kappa shape index (κ3) is 6.79. The van der Waals surface area contributed by atoms with Crippen LogP contribution in [0.3, 0.4) is 0 Å². The molecule has 0 saturated carbocycles. The van der Waals surface area contributed by atoms with Gasteiger partial charge in [0.25, 0.3) is 0 Å². The molecule has 0 radical (unpaired) electrons. The first-order valence-corrected chi connectivity index (χ1v) is 7.85. The van der Waals surface area contributed by atoms with E-state index in [1.807, 2.05) is 11.7 Å². The van der Waals surface area contributed by atoms with Crippen molar-refractivity contribution in [1.82, 2.24) is 10.3 Å². The Morgan fingerprint density at radius 2 is 2.06 bits per heavy atom. The van der Waals surface area contributed by atoms with Crippen molar-refractivity contribution < 1.29 is 0 Å². The highest BCUT2D eigenvalue weighted by Crippen LogP contribution is 2.13. The minimum Gasteiger partial charge on any atom is -0.314 e. The number of unbranched alkanes of at least 4 members (excludes halogenated alkanes) is 4. The number of hydrogen-bond acceptors (Lipinski definition) is 3. The molecule has 0 spiro atoms. The van der Waals surface area contributed by atoms with E-state index in [4.69, 9.17) is 0 Å². The van der Waals surface area contributed by atoms with Gasteiger partial charge in [0.15, 0.2) is 0 Å². The number of thiazole rings is 1. The predicted molar refractivity (Wildman–Crippen MR) is 76.7 cm³/mol. The minimum atomic E-state index is 0.641. The van der Waals surface area contributed by atoms with Crippen molar-refractivity contribution in [3.63, 3.8) is 0 Å². The summed E-state index contributed by atoms with van der Waals surface area (Å²) in [7, 11) is 0. The zero-order valence-electron chi connectivity index (χ0n) is 11.2. The molecule has 1 rings (SSSR count). The Hall–Kier alpha value is -0.410. The van der Waals surface area contributed by atoms with E-state index < -0.39 is 0 Å². The first kappa shape index (κ1) is 14.7. The van der Waals surface area contributed by atoms with Gasteiger partial charge in [0.1, 0.15) is 0 Å². The molecule has 0 aliphatic rings. The molecule has 1 aromatic heterocycles. The van der Waals surface area contributed by atoms with Gasteiger partial charge in [-0.1, -0.05) is 46.0 Å². The van der Waals surface area contributed by atoms with Gasteiger partial charge < -0.3 is 5.32 Å². The number of nitrogens with one attached hydrogen (secondary N) is 1. The normalized spacial score (nSPS) is 12.8. The van der Waals surface area contributed by atoms with E-state index in [2.05, 4.69) is 24.1 Å². The van der Waals surface area contributed by atoms with Crippen molar-refractivity contribution in [3.8, 4) is 0 Å². The maximum atomic E-state index is 4.15. The molecule has 0 aromatic carbocycles. The van der Waals surface area contributed by atoms with E-state index in [-0.39, 0.29) is 0 Å².